The van der Waals surface area contributed by atoms with Gasteiger partial charge in [0.15, 0.2) is 5.82 Å². The third-order valence-electron chi connectivity index (χ3n) is 4.36. The maximum Gasteiger partial charge on any atom is 0.229 e. The van der Waals surface area contributed by atoms with Crippen LogP contribution >= 0.6 is 0 Å². The molecule has 4 rings (SSSR count). The average Bonchev–Trinajstić information content (AvgIpc) is 3.25. The maximum atomic E-state index is 5.37. The van der Waals surface area contributed by atoms with Gasteiger partial charge in [-0.05, 0) is 32.6 Å². The van der Waals surface area contributed by atoms with Crippen molar-refractivity contribution in [2.45, 2.75) is 44.4 Å². The first-order chi connectivity index (χ1) is 10.3. The van der Waals surface area contributed by atoms with Crippen LogP contribution < -0.4 is 4.90 Å². The van der Waals surface area contributed by atoms with Crippen molar-refractivity contribution in [3.63, 3.8) is 0 Å². The fraction of sp³-hybridized carbons (Fsp3) is 0.600. The second kappa shape index (κ2) is 5.09. The summed E-state index contributed by atoms with van der Waals surface area (Å²) in [5.41, 5.74) is 1.01. The molecule has 1 aliphatic heterocycles. The Labute approximate surface area is 123 Å². The number of hydrogen-bond donors (Lipinski definition) is 0. The highest BCUT2D eigenvalue weighted by Crippen LogP contribution is 2.39. The predicted molar refractivity (Wildman–Crippen MR) is 77.2 cm³/mol. The molecule has 0 unspecified atom stereocenters. The molecule has 0 amide bonds. The van der Waals surface area contributed by atoms with Crippen LogP contribution in [-0.4, -0.2) is 33.2 Å². The normalized spacial score (nSPS) is 20.0. The van der Waals surface area contributed by atoms with Crippen LogP contribution in [0.1, 0.15) is 54.9 Å². The number of aromatic nitrogens is 4. The minimum atomic E-state index is 0.417. The first-order valence-electron chi connectivity index (χ1n) is 7.66. The molecular formula is C15H19N5O. The molecule has 0 spiro atoms. The molecule has 3 heterocycles. The van der Waals surface area contributed by atoms with Gasteiger partial charge in [0, 0.05) is 36.7 Å². The molecule has 0 bridgehead atoms. The Hall–Kier alpha value is -1.98. The highest BCUT2D eigenvalue weighted by Gasteiger charge is 2.32. The number of aryl methyl sites for hydroxylation is 1. The molecule has 2 aromatic heterocycles. The number of piperidine rings is 1. The summed E-state index contributed by atoms with van der Waals surface area (Å²) in [6.45, 7) is 3.96. The number of anilines is 1. The van der Waals surface area contributed by atoms with Gasteiger partial charge in [-0.15, -0.1) is 0 Å². The van der Waals surface area contributed by atoms with Crippen LogP contribution in [0, 0.1) is 6.92 Å². The van der Waals surface area contributed by atoms with Gasteiger partial charge in [-0.25, -0.2) is 9.97 Å². The van der Waals surface area contributed by atoms with E-state index in [0.717, 1.165) is 49.2 Å². The zero-order valence-corrected chi connectivity index (χ0v) is 12.2. The summed E-state index contributed by atoms with van der Waals surface area (Å²) in [6.07, 6.45) is 6.14. The van der Waals surface area contributed by atoms with E-state index in [9.17, 15) is 0 Å². The molecule has 1 aliphatic carbocycles. The molecule has 2 aliphatic rings. The van der Waals surface area contributed by atoms with Gasteiger partial charge in [0.25, 0.3) is 0 Å². The average molecular weight is 285 g/mol. The Morgan fingerprint density at radius 3 is 2.62 bits per heavy atom. The summed E-state index contributed by atoms with van der Waals surface area (Å²) >= 11 is 0. The Morgan fingerprint density at radius 2 is 1.90 bits per heavy atom. The molecule has 0 aromatic carbocycles. The smallest absolute Gasteiger partial charge is 0.229 e. The van der Waals surface area contributed by atoms with Gasteiger partial charge in [0.05, 0.1) is 0 Å². The molecular weight excluding hydrogens is 266 g/mol. The molecule has 110 valence electrons. The zero-order valence-electron chi connectivity index (χ0n) is 12.2. The van der Waals surface area contributed by atoms with Crippen LogP contribution in [0.3, 0.4) is 0 Å². The van der Waals surface area contributed by atoms with E-state index >= 15 is 0 Å². The number of rotatable bonds is 3. The molecule has 0 atom stereocenters. The third-order valence-corrected chi connectivity index (χ3v) is 4.36. The molecule has 6 heteroatoms. The summed E-state index contributed by atoms with van der Waals surface area (Å²) in [4.78, 5) is 15.4. The fourth-order valence-electron chi connectivity index (χ4n) is 2.89. The van der Waals surface area contributed by atoms with Gasteiger partial charge in [-0.1, -0.05) is 5.16 Å². The van der Waals surface area contributed by atoms with E-state index in [-0.39, 0.29) is 0 Å². The Bertz CT molecular complexity index is 628. The monoisotopic (exact) mass is 285 g/mol. The van der Waals surface area contributed by atoms with Gasteiger partial charge >= 0.3 is 0 Å². The van der Waals surface area contributed by atoms with E-state index in [1.807, 2.05) is 13.0 Å². The molecule has 0 N–H and O–H groups in total. The van der Waals surface area contributed by atoms with E-state index in [1.165, 1.54) is 12.8 Å². The van der Waals surface area contributed by atoms with E-state index in [4.69, 9.17) is 4.52 Å². The highest BCUT2D eigenvalue weighted by atomic mass is 16.5. The fourth-order valence-corrected chi connectivity index (χ4v) is 2.89. The summed E-state index contributed by atoms with van der Waals surface area (Å²) in [6, 6.07) is 2.04. The molecule has 2 fully saturated rings. The largest absolute Gasteiger partial charge is 0.356 e. The second-order valence-corrected chi connectivity index (χ2v) is 6.04. The van der Waals surface area contributed by atoms with Gasteiger partial charge in [-0.3, -0.25) is 0 Å². The van der Waals surface area contributed by atoms with Crippen molar-refractivity contribution in [1.29, 1.82) is 0 Å². The predicted octanol–water partition coefficient (Wildman–Crippen LogP) is 2.43. The minimum Gasteiger partial charge on any atom is -0.356 e. The van der Waals surface area contributed by atoms with Crippen molar-refractivity contribution in [3.05, 3.63) is 29.8 Å². The number of nitrogens with zero attached hydrogens (tertiary/aromatic N) is 5. The van der Waals surface area contributed by atoms with Gasteiger partial charge in [-0.2, -0.15) is 4.98 Å². The highest BCUT2D eigenvalue weighted by molar-refractivity contribution is 5.39. The van der Waals surface area contributed by atoms with E-state index in [2.05, 4.69) is 25.0 Å². The van der Waals surface area contributed by atoms with Crippen molar-refractivity contribution < 1.29 is 4.52 Å². The van der Waals surface area contributed by atoms with Crippen molar-refractivity contribution in [2.24, 2.45) is 0 Å². The van der Waals surface area contributed by atoms with Crippen LogP contribution in [0.5, 0.6) is 0 Å². The molecule has 0 radical (unpaired) electrons. The Kier molecular flexibility index (Phi) is 3.09. The Morgan fingerprint density at radius 1 is 1.10 bits per heavy atom. The maximum absolute atomic E-state index is 5.37. The van der Waals surface area contributed by atoms with Gasteiger partial charge < -0.3 is 9.42 Å². The second-order valence-electron chi connectivity index (χ2n) is 6.04. The summed E-state index contributed by atoms with van der Waals surface area (Å²) in [7, 11) is 0. The lowest BCUT2D eigenvalue weighted by atomic mass is 9.96. The molecule has 1 saturated heterocycles. The minimum absolute atomic E-state index is 0.417. The lowest BCUT2D eigenvalue weighted by molar-refractivity contribution is 0.364. The number of hydrogen-bond acceptors (Lipinski definition) is 6. The molecule has 6 nitrogen and oxygen atoms in total. The zero-order chi connectivity index (χ0) is 14.2. The van der Waals surface area contributed by atoms with Crippen molar-refractivity contribution in [2.75, 3.05) is 18.0 Å². The van der Waals surface area contributed by atoms with Gasteiger partial charge in [0.2, 0.25) is 5.89 Å². The lowest BCUT2D eigenvalue weighted by Crippen LogP contribution is -2.33. The van der Waals surface area contributed by atoms with Crippen molar-refractivity contribution in [3.8, 4) is 0 Å². The van der Waals surface area contributed by atoms with E-state index < -0.39 is 0 Å². The SMILES string of the molecule is Cc1cc(N2CCC(c3noc(C4CC4)n3)CC2)ncn1. The summed E-state index contributed by atoms with van der Waals surface area (Å²) < 4.78 is 5.37. The quantitative estimate of drug-likeness (QED) is 0.862. The van der Waals surface area contributed by atoms with Crippen molar-refractivity contribution >= 4 is 5.82 Å². The van der Waals surface area contributed by atoms with E-state index in [0.29, 0.717) is 11.8 Å². The van der Waals surface area contributed by atoms with E-state index in [1.54, 1.807) is 6.33 Å². The topological polar surface area (TPSA) is 67.9 Å². The Balaban J connectivity index is 1.41. The van der Waals surface area contributed by atoms with Crippen molar-refractivity contribution in [1.82, 2.24) is 20.1 Å². The molecule has 1 saturated carbocycles. The van der Waals surface area contributed by atoms with Crippen LogP contribution in [0.25, 0.3) is 0 Å². The third kappa shape index (κ3) is 2.62. The van der Waals surface area contributed by atoms with Gasteiger partial charge in [0.1, 0.15) is 12.1 Å². The van der Waals surface area contributed by atoms with Crippen LogP contribution in [0.4, 0.5) is 5.82 Å². The van der Waals surface area contributed by atoms with Crippen LogP contribution in [-0.2, 0) is 0 Å². The lowest BCUT2D eigenvalue weighted by Gasteiger charge is -2.31. The summed E-state index contributed by atoms with van der Waals surface area (Å²) in [5.74, 6) is 3.72. The van der Waals surface area contributed by atoms with Crippen LogP contribution in [0.15, 0.2) is 16.9 Å². The first kappa shape index (κ1) is 12.7. The molecule has 2 aromatic rings. The van der Waals surface area contributed by atoms with Crippen LogP contribution in [0.2, 0.25) is 0 Å². The summed E-state index contributed by atoms with van der Waals surface area (Å²) in [5, 5.41) is 4.18. The molecule has 21 heavy (non-hydrogen) atoms. The standard InChI is InChI=1S/C15H19N5O/c1-10-8-13(17-9-16-10)20-6-4-11(5-7-20)14-18-15(21-19-14)12-2-3-12/h8-9,11-12H,2-7H2,1H3. The first-order valence-corrected chi connectivity index (χ1v) is 7.66.